The van der Waals surface area contributed by atoms with Crippen molar-refractivity contribution in [3.8, 4) is 5.75 Å². The molecule has 22 heavy (non-hydrogen) atoms. The number of hydrogen-bond donors (Lipinski definition) is 1. The van der Waals surface area contributed by atoms with Crippen molar-refractivity contribution >= 4 is 17.5 Å². The molecule has 1 aromatic heterocycles. The Morgan fingerprint density at radius 1 is 1.50 bits per heavy atom. The highest BCUT2D eigenvalue weighted by molar-refractivity contribution is 6.30. The Morgan fingerprint density at radius 2 is 2.41 bits per heavy atom. The first-order valence-corrected chi connectivity index (χ1v) is 7.79. The molecule has 2 heterocycles. The first-order valence-electron chi connectivity index (χ1n) is 7.41. The average Bonchev–Trinajstić information content (AvgIpc) is 2.95. The molecule has 0 unspecified atom stereocenters. The quantitative estimate of drug-likeness (QED) is 0.942. The fraction of sp³-hybridized carbons (Fsp3) is 0.375. The number of nitrogens with zero attached hydrogens (tertiary/aromatic N) is 2. The topological polar surface area (TPSA) is 56.2 Å². The smallest absolute Gasteiger partial charge is 0.222 e. The molecule has 3 rings (SSSR count). The van der Waals surface area contributed by atoms with Crippen LogP contribution >= 0.6 is 11.6 Å². The molecule has 1 N–H and O–H groups in total. The monoisotopic (exact) mass is 319 g/mol. The standard InChI is InChI=1S/C16H18ClN3O2/c17-12-4-5-13-14(3-1-10-22-15(13)11-12)19-16(21)6-9-20-8-2-7-18-20/h2,4-5,7-8,11,14H,1,3,6,9-10H2,(H,19,21)/t14-/m1/s1. The lowest BCUT2D eigenvalue weighted by atomic mass is 10.0. The van der Waals surface area contributed by atoms with Crippen molar-refractivity contribution < 1.29 is 9.53 Å². The van der Waals surface area contributed by atoms with Crippen LogP contribution in [0, 0.1) is 0 Å². The number of amides is 1. The second-order valence-corrected chi connectivity index (χ2v) is 5.75. The minimum absolute atomic E-state index is 0.0169. The number of ether oxygens (including phenoxy) is 1. The van der Waals surface area contributed by atoms with Gasteiger partial charge in [0.1, 0.15) is 5.75 Å². The Hall–Kier alpha value is -2.01. The minimum Gasteiger partial charge on any atom is -0.493 e. The van der Waals surface area contributed by atoms with Crippen molar-refractivity contribution in [2.24, 2.45) is 0 Å². The van der Waals surface area contributed by atoms with Gasteiger partial charge in [-0.1, -0.05) is 17.7 Å². The summed E-state index contributed by atoms with van der Waals surface area (Å²) in [5.41, 5.74) is 0.995. The Kier molecular flexibility index (Phi) is 4.63. The fourth-order valence-electron chi connectivity index (χ4n) is 2.61. The van der Waals surface area contributed by atoms with Gasteiger partial charge in [-0.25, -0.2) is 0 Å². The molecule has 116 valence electrons. The molecule has 0 saturated carbocycles. The molecule has 6 heteroatoms. The van der Waals surface area contributed by atoms with E-state index in [4.69, 9.17) is 16.3 Å². The van der Waals surface area contributed by atoms with Gasteiger partial charge in [0.25, 0.3) is 0 Å². The molecule has 1 aromatic carbocycles. The van der Waals surface area contributed by atoms with Gasteiger partial charge in [0.05, 0.1) is 12.6 Å². The van der Waals surface area contributed by atoms with E-state index in [9.17, 15) is 4.79 Å². The number of carbonyl (C=O) groups is 1. The number of nitrogens with one attached hydrogen (secondary N) is 1. The number of aromatic nitrogens is 2. The number of benzene rings is 1. The van der Waals surface area contributed by atoms with E-state index in [2.05, 4.69) is 10.4 Å². The van der Waals surface area contributed by atoms with Crippen molar-refractivity contribution in [2.75, 3.05) is 6.61 Å². The molecule has 1 amide bonds. The number of aryl methyl sites for hydroxylation is 1. The van der Waals surface area contributed by atoms with E-state index < -0.39 is 0 Å². The van der Waals surface area contributed by atoms with Crippen LogP contribution in [0.25, 0.3) is 0 Å². The maximum atomic E-state index is 12.2. The summed E-state index contributed by atoms with van der Waals surface area (Å²) in [7, 11) is 0. The van der Waals surface area contributed by atoms with E-state index in [1.165, 1.54) is 0 Å². The van der Waals surface area contributed by atoms with Gasteiger partial charge in [0.15, 0.2) is 0 Å². The summed E-state index contributed by atoms with van der Waals surface area (Å²) in [6, 6.07) is 7.39. The Balaban J connectivity index is 1.65. The molecule has 0 fully saturated rings. The van der Waals surface area contributed by atoms with Crippen LogP contribution in [0.4, 0.5) is 0 Å². The van der Waals surface area contributed by atoms with Crippen LogP contribution < -0.4 is 10.1 Å². The SMILES string of the molecule is O=C(CCn1cccn1)N[C@@H]1CCCOc2cc(Cl)ccc21. The summed E-state index contributed by atoms with van der Waals surface area (Å²) in [6.45, 7) is 1.22. The maximum absolute atomic E-state index is 12.2. The highest BCUT2D eigenvalue weighted by Crippen LogP contribution is 2.33. The molecule has 2 aromatic rings. The van der Waals surface area contributed by atoms with Gasteiger partial charge in [-0.05, 0) is 31.0 Å². The van der Waals surface area contributed by atoms with E-state index in [0.29, 0.717) is 24.6 Å². The van der Waals surface area contributed by atoms with Gasteiger partial charge in [-0.3, -0.25) is 9.48 Å². The third kappa shape index (κ3) is 3.60. The Bertz CT molecular complexity index is 643. The molecule has 1 aliphatic rings. The van der Waals surface area contributed by atoms with E-state index in [0.717, 1.165) is 24.2 Å². The van der Waals surface area contributed by atoms with Crippen molar-refractivity contribution in [2.45, 2.75) is 31.8 Å². The molecule has 0 aliphatic carbocycles. The summed E-state index contributed by atoms with van der Waals surface area (Å²) >= 11 is 6.01. The molecular formula is C16H18ClN3O2. The second-order valence-electron chi connectivity index (χ2n) is 5.31. The zero-order chi connectivity index (χ0) is 15.4. The van der Waals surface area contributed by atoms with Crippen molar-refractivity contribution in [3.63, 3.8) is 0 Å². The van der Waals surface area contributed by atoms with Crippen LogP contribution in [0.3, 0.4) is 0 Å². The lowest BCUT2D eigenvalue weighted by molar-refractivity contribution is -0.122. The van der Waals surface area contributed by atoms with Crippen LogP contribution in [-0.4, -0.2) is 22.3 Å². The predicted molar refractivity (Wildman–Crippen MR) is 83.9 cm³/mol. The van der Waals surface area contributed by atoms with Crippen molar-refractivity contribution in [1.29, 1.82) is 0 Å². The fourth-order valence-corrected chi connectivity index (χ4v) is 2.77. The van der Waals surface area contributed by atoms with Crippen LogP contribution in [0.2, 0.25) is 5.02 Å². The van der Waals surface area contributed by atoms with Crippen molar-refractivity contribution in [3.05, 3.63) is 47.2 Å². The number of fused-ring (bicyclic) bond motifs is 1. The summed E-state index contributed by atoms with van der Waals surface area (Å²) in [5.74, 6) is 0.783. The summed E-state index contributed by atoms with van der Waals surface area (Å²) in [6.07, 6.45) is 5.73. The predicted octanol–water partition coefficient (Wildman–Crippen LogP) is 2.96. The van der Waals surface area contributed by atoms with Gasteiger partial charge in [-0.15, -0.1) is 0 Å². The molecule has 0 spiro atoms. The van der Waals surface area contributed by atoms with Gasteiger partial charge >= 0.3 is 0 Å². The number of halogens is 1. The van der Waals surface area contributed by atoms with Crippen LogP contribution in [0.1, 0.15) is 30.9 Å². The summed E-state index contributed by atoms with van der Waals surface area (Å²) in [4.78, 5) is 12.2. The van der Waals surface area contributed by atoms with Crippen LogP contribution in [0.15, 0.2) is 36.7 Å². The van der Waals surface area contributed by atoms with E-state index in [1.807, 2.05) is 30.5 Å². The molecule has 0 bridgehead atoms. The number of carbonyl (C=O) groups excluding carboxylic acids is 1. The van der Waals surface area contributed by atoms with Gasteiger partial charge < -0.3 is 10.1 Å². The lowest BCUT2D eigenvalue weighted by Crippen LogP contribution is -2.29. The highest BCUT2D eigenvalue weighted by Gasteiger charge is 2.21. The number of hydrogen-bond acceptors (Lipinski definition) is 3. The second kappa shape index (κ2) is 6.83. The number of rotatable bonds is 4. The van der Waals surface area contributed by atoms with E-state index in [1.54, 1.807) is 10.9 Å². The normalized spacial score (nSPS) is 17.2. The molecular weight excluding hydrogens is 302 g/mol. The zero-order valence-corrected chi connectivity index (χ0v) is 12.9. The molecule has 5 nitrogen and oxygen atoms in total. The van der Waals surface area contributed by atoms with E-state index >= 15 is 0 Å². The zero-order valence-electron chi connectivity index (χ0n) is 12.2. The lowest BCUT2D eigenvalue weighted by Gasteiger charge is -2.18. The molecule has 0 radical (unpaired) electrons. The maximum Gasteiger partial charge on any atom is 0.222 e. The first kappa shape index (κ1) is 14.9. The van der Waals surface area contributed by atoms with E-state index in [-0.39, 0.29) is 11.9 Å². The highest BCUT2D eigenvalue weighted by atomic mass is 35.5. The van der Waals surface area contributed by atoms with Crippen molar-refractivity contribution in [1.82, 2.24) is 15.1 Å². The minimum atomic E-state index is -0.0279. The van der Waals surface area contributed by atoms with Gasteiger partial charge in [-0.2, -0.15) is 5.10 Å². The molecule has 1 aliphatic heterocycles. The Morgan fingerprint density at radius 3 is 3.23 bits per heavy atom. The Labute approximate surface area is 134 Å². The average molecular weight is 320 g/mol. The first-order chi connectivity index (χ1) is 10.7. The molecule has 0 saturated heterocycles. The summed E-state index contributed by atoms with van der Waals surface area (Å²) in [5, 5.41) is 7.83. The van der Waals surface area contributed by atoms with Gasteiger partial charge in [0.2, 0.25) is 5.91 Å². The summed E-state index contributed by atoms with van der Waals surface area (Å²) < 4.78 is 7.46. The third-order valence-electron chi connectivity index (χ3n) is 3.71. The van der Waals surface area contributed by atoms with Crippen LogP contribution in [0.5, 0.6) is 5.75 Å². The third-order valence-corrected chi connectivity index (χ3v) is 3.94. The largest absolute Gasteiger partial charge is 0.493 e. The van der Waals surface area contributed by atoms with Crippen LogP contribution in [-0.2, 0) is 11.3 Å². The van der Waals surface area contributed by atoms with Gasteiger partial charge in [0, 0.05) is 35.9 Å². The molecule has 1 atom stereocenters.